The molecule has 20 heavy (non-hydrogen) atoms. The number of ketones is 1. The summed E-state index contributed by atoms with van der Waals surface area (Å²) in [5, 5.41) is 8.90. The number of nitrogens with zero attached hydrogens (tertiary/aromatic N) is 1. The van der Waals surface area contributed by atoms with Gasteiger partial charge in [-0.2, -0.15) is 0 Å². The van der Waals surface area contributed by atoms with Gasteiger partial charge in [-0.05, 0) is 44.4 Å². The second-order valence-electron chi connectivity index (χ2n) is 5.35. The minimum absolute atomic E-state index is 0.129. The molecular formula is C16H22FNO2. The Morgan fingerprint density at radius 3 is 2.95 bits per heavy atom. The molecule has 2 rings (SSSR count). The van der Waals surface area contributed by atoms with Crippen LogP contribution >= 0.6 is 0 Å². The molecule has 0 bridgehead atoms. The molecule has 1 unspecified atom stereocenters. The number of Topliss-reactive ketones (excluding diaryl/α,β-unsaturated/α-hetero) is 1. The van der Waals surface area contributed by atoms with Gasteiger partial charge < -0.3 is 5.11 Å². The van der Waals surface area contributed by atoms with E-state index in [0.29, 0.717) is 19.0 Å². The molecule has 1 aromatic carbocycles. The van der Waals surface area contributed by atoms with E-state index >= 15 is 0 Å². The molecule has 0 aliphatic carbocycles. The summed E-state index contributed by atoms with van der Waals surface area (Å²) in [7, 11) is 0. The number of likely N-dealkylation sites (tertiary alicyclic amines) is 1. The summed E-state index contributed by atoms with van der Waals surface area (Å²) in [5.74, 6) is -0.563. The summed E-state index contributed by atoms with van der Waals surface area (Å²) in [6.45, 7) is 1.91. The first-order chi connectivity index (χ1) is 9.72. The number of carbonyl (C=O) groups is 1. The molecule has 1 atom stereocenters. The summed E-state index contributed by atoms with van der Waals surface area (Å²) < 4.78 is 13.5. The first kappa shape index (κ1) is 15.1. The normalized spacial score (nSPS) is 19.4. The van der Waals surface area contributed by atoms with Crippen molar-refractivity contribution in [2.75, 3.05) is 19.7 Å². The van der Waals surface area contributed by atoms with Crippen molar-refractivity contribution in [1.29, 1.82) is 0 Å². The smallest absolute Gasteiger partial charge is 0.167 e. The van der Waals surface area contributed by atoms with Gasteiger partial charge in [-0.25, -0.2) is 4.39 Å². The highest BCUT2D eigenvalue weighted by molar-refractivity contribution is 5.96. The predicted molar refractivity (Wildman–Crippen MR) is 76.3 cm³/mol. The lowest BCUT2D eigenvalue weighted by atomic mass is 10.1. The van der Waals surface area contributed by atoms with Crippen LogP contribution in [0.25, 0.3) is 0 Å². The second-order valence-corrected chi connectivity index (χ2v) is 5.35. The summed E-state index contributed by atoms with van der Waals surface area (Å²) in [4.78, 5) is 14.3. The number of carbonyl (C=O) groups excluding carboxylic acids is 1. The lowest BCUT2D eigenvalue weighted by Crippen LogP contribution is -2.31. The molecule has 1 saturated heterocycles. The van der Waals surface area contributed by atoms with Crippen LogP contribution < -0.4 is 0 Å². The molecule has 1 fully saturated rings. The maximum absolute atomic E-state index is 13.5. The van der Waals surface area contributed by atoms with E-state index in [0.717, 1.165) is 32.2 Å². The van der Waals surface area contributed by atoms with Crippen LogP contribution in [0.15, 0.2) is 24.3 Å². The van der Waals surface area contributed by atoms with Crippen LogP contribution in [0.2, 0.25) is 0 Å². The fraction of sp³-hybridized carbons (Fsp3) is 0.562. The Balaban J connectivity index is 1.85. The predicted octanol–water partition coefficient (Wildman–Crippen LogP) is 2.64. The number of benzene rings is 1. The molecule has 1 aromatic rings. The molecule has 0 spiro atoms. The molecule has 1 heterocycles. The third-order valence-corrected chi connectivity index (χ3v) is 3.99. The van der Waals surface area contributed by atoms with Crippen molar-refractivity contribution >= 4 is 5.78 Å². The molecule has 4 heteroatoms. The molecule has 3 nitrogen and oxygen atoms in total. The van der Waals surface area contributed by atoms with Crippen molar-refractivity contribution in [2.45, 2.75) is 38.1 Å². The van der Waals surface area contributed by atoms with Crippen LogP contribution in [0.4, 0.5) is 4.39 Å². The van der Waals surface area contributed by atoms with E-state index in [1.54, 1.807) is 18.2 Å². The summed E-state index contributed by atoms with van der Waals surface area (Å²) in [6, 6.07) is 6.63. The topological polar surface area (TPSA) is 40.5 Å². The number of halogens is 1. The second kappa shape index (κ2) is 7.50. The number of aliphatic hydroxyl groups excluding tert-OH is 1. The third kappa shape index (κ3) is 3.87. The van der Waals surface area contributed by atoms with E-state index in [1.807, 2.05) is 0 Å². The molecule has 0 aromatic heterocycles. The SMILES string of the molecule is O=C(CCN1CCCC1CCCO)c1ccccc1F. The van der Waals surface area contributed by atoms with Gasteiger partial charge in [0.15, 0.2) is 5.78 Å². The Labute approximate surface area is 119 Å². The first-order valence-corrected chi connectivity index (χ1v) is 7.35. The van der Waals surface area contributed by atoms with Gasteiger partial charge >= 0.3 is 0 Å². The lowest BCUT2D eigenvalue weighted by Gasteiger charge is -2.23. The molecule has 0 radical (unpaired) electrons. The van der Waals surface area contributed by atoms with E-state index in [9.17, 15) is 9.18 Å². The lowest BCUT2D eigenvalue weighted by molar-refractivity contribution is 0.0955. The van der Waals surface area contributed by atoms with Crippen molar-refractivity contribution in [2.24, 2.45) is 0 Å². The summed E-state index contributed by atoms with van der Waals surface area (Å²) in [5.41, 5.74) is 0.193. The zero-order valence-corrected chi connectivity index (χ0v) is 11.7. The van der Waals surface area contributed by atoms with Crippen molar-refractivity contribution in [3.05, 3.63) is 35.6 Å². The fourth-order valence-corrected chi connectivity index (χ4v) is 2.91. The zero-order chi connectivity index (χ0) is 14.4. The van der Waals surface area contributed by atoms with E-state index in [-0.39, 0.29) is 18.0 Å². The van der Waals surface area contributed by atoms with Gasteiger partial charge in [0.2, 0.25) is 0 Å². The molecule has 110 valence electrons. The van der Waals surface area contributed by atoms with Gasteiger partial charge in [0, 0.05) is 25.6 Å². The standard InChI is InChI=1S/C16H22FNO2/c17-15-8-2-1-7-14(15)16(20)9-11-18-10-3-5-13(18)6-4-12-19/h1-2,7-8,13,19H,3-6,9-12H2. The maximum atomic E-state index is 13.5. The third-order valence-electron chi connectivity index (χ3n) is 3.99. The van der Waals surface area contributed by atoms with Crippen molar-refractivity contribution in [3.8, 4) is 0 Å². The highest BCUT2D eigenvalue weighted by Gasteiger charge is 2.24. The van der Waals surface area contributed by atoms with Crippen LogP contribution in [0.1, 0.15) is 42.5 Å². The van der Waals surface area contributed by atoms with E-state index in [4.69, 9.17) is 5.11 Å². The largest absolute Gasteiger partial charge is 0.396 e. The summed E-state index contributed by atoms with van der Waals surface area (Å²) in [6.07, 6.45) is 4.42. The van der Waals surface area contributed by atoms with Crippen molar-refractivity contribution < 1.29 is 14.3 Å². The molecular weight excluding hydrogens is 257 g/mol. The Hall–Kier alpha value is -1.26. The van der Waals surface area contributed by atoms with Crippen LogP contribution in [0.3, 0.4) is 0 Å². The Morgan fingerprint density at radius 2 is 2.20 bits per heavy atom. The molecule has 1 N–H and O–H groups in total. The molecule has 0 amide bonds. The van der Waals surface area contributed by atoms with E-state index < -0.39 is 5.82 Å². The molecule has 0 saturated carbocycles. The monoisotopic (exact) mass is 279 g/mol. The first-order valence-electron chi connectivity index (χ1n) is 7.35. The quantitative estimate of drug-likeness (QED) is 0.780. The maximum Gasteiger partial charge on any atom is 0.167 e. The van der Waals surface area contributed by atoms with Crippen molar-refractivity contribution in [3.63, 3.8) is 0 Å². The van der Waals surface area contributed by atoms with E-state index in [2.05, 4.69) is 4.90 Å². The highest BCUT2D eigenvalue weighted by atomic mass is 19.1. The van der Waals surface area contributed by atoms with Gasteiger partial charge in [-0.15, -0.1) is 0 Å². The zero-order valence-electron chi connectivity index (χ0n) is 11.7. The minimum Gasteiger partial charge on any atom is -0.396 e. The van der Waals surface area contributed by atoms with Gasteiger partial charge in [0.25, 0.3) is 0 Å². The number of aliphatic hydroxyl groups is 1. The van der Waals surface area contributed by atoms with Gasteiger partial charge in [0.05, 0.1) is 5.56 Å². The number of rotatable bonds is 7. The Kier molecular flexibility index (Phi) is 5.68. The van der Waals surface area contributed by atoms with Crippen LogP contribution in [-0.2, 0) is 0 Å². The average molecular weight is 279 g/mol. The van der Waals surface area contributed by atoms with Gasteiger partial charge in [-0.3, -0.25) is 9.69 Å². The Bertz CT molecular complexity index is 450. The molecule has 1 aliphatic heterocycles. The average Bonchev–Trinajstić information content (AvgIpc) is 2.90. The van der Waals surface area contributed by atoms with Crippen LogP contribution in [0, 0.1) is 5.82 Å². The van der Waals surface area contributed by atoms with E-state index in [1.165, 1.54) is 6.07 Å². The van der Waals surface area contributed by atoms with Crippen molar-refractivity contribution in [1.82, 2.24) is 4.90 Å². The minimum atomic E-state index is -0.434. The summed E-state index contributed by atoms with van der Waals surface area (Å²) >= 11 is 0. The van der Waals surface area contributed by atoms with Gasteiger partial charge in [0.1, 0.15) is 5.82 Å². The number of hydrogen-bond acceptors (Lipinski definition) is 3. The van der Waals surface area contributed by atoms with Crippen LogP contribution in [-0.4, -0.2) is 41.5 Å². The van der Waals surface area contributed by atoms with Gasteiger partial charge in [-0.1, -0.05) is 12.1 Å². The fourth-order valence-electron chi connectivity index (χ4n) is 2.91. The Morgan fingerprint density at radius 1 is 1.40 bits per heavy atom. The molecule has 1 aliphatic rings. The van der Waals surface area contributed by atoms with Crippen LogP contribution in [0.5, 0.6) is 0 Å². The number of hydrogen-bond donors (Lipinski definition) is 1. The highest BCUT2D eigenvalue weighted by Crippen LogP contribution is 2.22.